The van der Waals surface area contributed by atoms with Crippen LogP contribution in [0.25, 0.3) is 0 Å². The first kappa shape index (κ1) is 25.8. The number of hydrogen-bond donors (Lipinski definition) is 5. The zero-order valence-corrected chi connectivity index (χ0v) is 16.4. The molecule has 0 bridgehead atoms. The summed E-state index contributed by atoms with van der Waals surface area (Å²) in [6.07, 6.45) is 5.79. The molecule has 0 spiro atoms. The number of carbonyl (C=O) groups excluding carboxylic acids is 2. The van der Waals surface area contributed by atoms with E-state index in [0.717, 1.165) is 12.8 Å². The first-order valence-electron chi connectivity index (χ1n) is 10.0. The Bertz CT molecular complexity index is 381. The Morgan fingerprint density at radius 1 is 0.926 bits per heavy atom. The van der Waals surface area contributed by atoms with E-state index >= 15 is 0 Å². The van der Waals surface area contributed by atoms with E-state index in [-0.39, 0.29) is 12.9 Å². The molecule has 8 nitrogen and oxygen atoms in total. The highest BCUT2D eigenvalue weighted by Crippen LogP contribution is 2.10. The number of ether oxygens (including phenoxy) is 1. The molecule has 0 saturated heterocycles. The second-order valence-corrected chi connectivity index (χ2v) is 6.86. The average molecular weight is 392 g/mol. The Morgan fingerprint density at radius 2 is 1.44 bits per heavy atom. The number of aldehydes is 1. The van der Waals surface area contributed by atoms with E-state index in [2.05, 4.69) is 12.2 Å². The Labute approximate surface area is 161 Å². The molecule has 1 amide bonds. The first-order valence-corrected chi connectivity index (χ1v) is 10.0. The van der Waals surface area contributed by atoms with Gasteiger partial charge in [-0.15, -0.1) is 0 Å². The van der Waals surface area contributed by atoms with Gasteiger partial charge in [0.15, 0.2) is 0 Å². The van der Waals surface area contributed by atoms with Gasteiger partial charge in [0.2, 0.25) is 0 Å². The maximum Gasteiger partial charge on any atom is 0.407 e. The number of amides is 1. The summed E-state index contributed by atoms with van der Waals surface area (Å²) in [6, 6.07) is -1.44. The van der Waals surface area contributed by atoms with Crippen LogP contribution < -0.4 is 5.32 Å². The molecule has 0 fully saturated rings. The van der Waals surface area contributed by atoms with Gasteiger partial charge >= 0.3 is 6.09 Å². The van der Waals surface area contributed by atoms with Gasteiger partial charge in [0.1, 0.15) is 30.6 Å². The van der Waals surface area contributed by atoms with Gasteiger partial charge in [-0.1, -0.05) is 64.7 Å². The molecule has 0 saturated carbocycles. The maximum absolute atomic E-state index is 11.6. The van der Waals surface area contributed by atoms with Gasteiger partial charge in [0.25, 0.3) is 0 Å². The van der Waals surface area contributed by atoms with Gasteiger partial charge in [-0.3, -0.25) is 0 Å². The zero-order chi connectivity index (χ0) is 20.5. The Morgan fingerprint density at radius 3 is 1.93 bits per heavy atom. The molecule has 8 heteroatoms. The molecule has 0 aromatic heterocycles. The number of hydrogen-bond acceptors (Lipinski definition) is 7. The number of aliphatic hydroxyl groups excluding tert-OH is 4. The van der Waals surface area contributed by atoms with Crippen LogP contribution in [0, 0.1) is 0 Å². The van der Waals surface area contributed by atoms with Crippen LogP contribution >= 0.6 is 0 Å². The highest BCUT2D eigenvalue weighted by atomic mass is 16.5. The van der Waals surface area contributed by atoms with Crippen LogP contribution in [-0.4, -0.2) is 70.4 Å². The fourth-order valence-corrected chi connectivity index (χ4v) is 2.68. The monoisotopic (exact) mass is 391 g/mol. The smallest absolute Gasteiger partial charge is 0.407 e. The molecule has 0 aromatic carbocycles. The molecule has 0 aliphatic carbocycles. The van der Waals surface area contributed by atoms with Crippen LogP contribution in [0.5, 0.6) is 0 Å². The topological polar surface area (TPSA) is 136 Å². The number of nitrogens with one attached hydrogen (secondary N) is 1. The van der Waals surface area contributed by atoms with Crippen LogP contribution in [0.4, 0.5) is 4.79 Å². The van der Waals surface area contributed by atoms with Crippen LogP contribution in [0.2, 0.25) is 0 Å². The van der Waals surface area contributed by atoms with Gasteiger partial charge < -0.3 is 35.3 Å². The normalized spacial score (nSPS) is 15.6. The second-order valence-electron chi connectivity index (χ2n) is 6.86. The lowest BCUT2D eigenvalue weighted by Crippen LogP contribution is -2.53. The SMILES string of the molecule is CCCCCCCCCCCCOC(=O)N[C@@H](C=O)[C@@H](O)[C@H](O)[C@H](O)CO. The second kappa shape index (κ2) is 16.9. The third-order valence-electron chi connectivity index (χ3n) is 4.46. The van der Waals surface area contributed by atoms with Gasteiger partial charge in [-0.25, -0.2) is 4.79 Å². The minimum Gasteiger partial charge on any atom is -0.450 e. The summed E-state index contributed by atoms with van der Waals surface area (Å²) in [7, 11) is 0. The quantitative estimate of drug-likeness (QED) is 0.186. The molecule has 0 aromatic rings. The molecule has 0 unspecified atom stereocenters. The Balaban J connectivity index is 3.78. The number of carbonyl (C=O) groups is 2. The maximum atomic E-state index is 11.6. The summed E-state index contributed by atoms with van der Waals surface area (Å²) in [5, 5.41) is 39.5. The largest absolute Gasteiger partial charge is 0.450 e. The molecule has 4 atom stereocenters. The van der Waals surface area contributed by atoms with Gasteiger partial charge in [0, 0.05) is 0 Å². The minimum absolute atomic E-state index is 0.200. The highest BCUT2D eigenvalue weighted by molar-refractivity contribution is 5.73. The lowest BCUT2D eigenvalue weighted by atomic mass is 10.0. The minimum atomic E-state index is -1.77. The van der Waals surface area contributed by atoms with Crippen molar-refractivity contribution in [3.8, 4) is 0 Å². The predicted octanol–water partition coefficient (Wildman–Crippen LogP) is 1.28. The van der Waals surface area contributed by atoms with E-state index in [0.29, 0.717) is 6.42 Å². The van der Waals surface area contributed by atoms with Crippen molar-refractivity contribution < 1.29 is 34.8 Å². The molecule has 0 radical (unpaired) electrons. The summed E-state index contributed by atoms with van der Waals surface area (Å²) in [5.74, 6) is 0. The predicted molar refractivity (Wildman–Crippen MR) is 101 cm³/mol. The van der Waals surface area contributed by atoms with Crippen molar-refractivity contribution in [3.63, 3.8) is 0 Å². The molecule has 160 valence electrons. The molecule has 0 aliphatic rings. The van der Waals surface area contributed by atoms with Crippen molar-refractivity contribution in [2.24, 2.45) is 0 Å². The number of unbranched alkanes of at least 4 members (excludes halogenated alkanes) is 9. The number of alkyl carbamates (subject to hydrolysis) is 1. The molecule has 27 heavy (non-hydrogen) atoms. The standard InChI is InChI=1S/C19H37NO7/c1-2-3-4-5-6-7-8-9-10-11-12-27-19(26)20-15(13-21)17(24)18(25)16(23)14-22/h13,15-18,22-25H,2-12,14H2,1H3,(H,20,26)/t15-,16+,17+,18+/m0/s1. The Hall–Kier alpha value is -1.22. The summed E-state index contributed by atoms with van der Waals surface area (Å²) in [4.78, 5) is 22.6. The third kappa shape index (κ3) is 12.7. The molecule has 5 N–H and O–H groups in total. The van der Waals surface area contributed by atoms with Crippen LogP contribution in [0.3, 0.4) is 0 Å². The van der Waals surface area contributed by atoms with E-state index in [1.807, 2.05) is 0 Å². The van der Waals surface area contributed by atoms with Crippen molar-refractivity contribution in [1.29, 1.82) is 0 Å². The van der Waals surface area contributed by atoms with E-state index in [1.54, 1.807) is 0 Å². The zero-order valence-electron chi connectivity index (χ0n) is 16.4. The molecular weight excluding hydrogens is 354 g/mol. The van der Waals surface area contributed by atoms with E-state index in [4.69, 9.17) is 9.84 Å². The van der Waals surface area contributed by atoms with Crippen molar-refractivity contribution >= 4 is 12.4 Å². The van der Waals surface area contributed by atoms with Gasteiger partial charge in [-0.2, -0.15) is 0 Å². The summed E-state index contributed by atoms with van der Waals surface area (Å²) in [5.41, 5.74) is 0. The summed E-state index contributed by atoms with van der Waals surface area (Å²) >= 11 is 0. The lowest BCUT2D eigenvalue weighted by molar-refractivity contribution is -0.120. The van der Waals surface area contributed by atoms with Gasteiger partial charge in [-0.05, 0) is 6.42 Å². The van der Waals surface area contributed by atoms with E-state index in [1.165, 1.54) is 44.9 Å². The fraction of sp³-hybridized carbons (Fsp3) is 0.895. The molecule has 0 heterocycles. The average Bonchev–Trinajstić information content (AvgIpc) is 2.68. The van der Waals surface area contributed by atoms with Crippen molar-refractivity contribution in [3.05, 3.63) is 0 Å². The van der Waals surface area contributed by atoms with Gasteiger partial charge in [0.05, 0.1) is 13.2 Å². The highest BCUT2D eigenvalue weighted by Gasteiger charge is 2.32. The summed E-state index contributed by atoms with van der Waals surface area (Å²) < 4.78 is 4.95. The number of rotatable bonds is 17. The lowest BCUT2D eigenvalue weighted by Gasteiger charge is -2.25. The van der Waals surface area contributed by atoms with Crippen molar-refractivity contribution in [2.45, 2.75) is 95.5 Å². The van der Waals surface area contributed by atoms with Crippen LogP contribution in [0.15, 0.2) is 0 Å². The van der Waals surface area contributed by atoms with Crippen molar-refractivity contribution in [1.82, 2.24) is 5.32 Å². The molecule has 0 aliphatic heterocycles. The van der Waals surface area contributed by atoms with Crippen molar-refractivity contribution in [2.75, 3.05) is 13.2 Å². The third-order valence-corrected chi connectivity index (χ3v) is 4.46. The van der Waals surface area contributed by atoms with Crippen LogP contribution in [0.1, 0.15) is 71.1 Å². The van der Waals surface area contributed by atoms with E-state index < -0.39 is 37.1 Å². The van der Waals surface area contributed by atoms with Crippen LogP contribution in [-0.2, 0) is 9.53 Å². The molecular formula is C19H37NO7. The Kier molecular flexibility index (Phi) is 16.2. The number of aliphatic hydroxyl groups is 4. The molecule has 0 rings (SSSR count). The summed E-state index contributed by atoms with van der Waals surface area (Å²) in [6.45, 7) is 1.62. The first-order chi connectivity index (χ1) is 13.0. The van der Waals surface area contributed by atoms with E-state index in [9.17, 15) is 24.9 Å². The fourth-order valence-electron chi connectivity index (χ4n) is 2.68.